The van der Waals surface area contributed by atoms with E-state index in [4.69, 9.17) is 10.3 Å². The molecule has 0 spiro atoms. The Morgan fingerprint density at radius 2 is 2.12 bits per heavy atom. The van der Waals surface area contributed by atoms with Crippen LogP contribution in [0.4, 0.5) is 8.78 Å². The van der Waals surface area contributed by atoms with Crippen LogP contribution in [0, 0.1) is 6.92 Å². The number of likely N-dealkylation sites (tertiary alicyclic amines) is 1. The summed E-state index contributed by atoms with van der Waals surface area (Å²) in [4.78, 5) is 18.6. The van der Waals surface area contributed by atoms with Crippen molar-refractivity contribution in [2.45, 2.75) is 50.6 Å². The predicted molar refractivity (Wildman–Crippen MR) is 111 cm³/mol. The molecule has 1 aromatic carbocycles. The third-order valence-electron chi connectivity index (χ3n) is 6.38. The Morgan fingerprint density at radius 1 is 1.34 bits per heavy atom. The Labute approximate surface area is 183 Å². The van der Waals surface area contributed by atoms with Crippen molar-refractivity contribution < 1.29 is 18.1 Å². The predicted octanol–water partition coefficient (Wildman–Crippen LogP) is 2.82. The van der Waals surface area contributed by atoms with Gasteiger partial charge in [0.2, 0.25) is 5.91 Å². The van der Waals surface area contributed by atoms with E-state index >= 15 is 0 Å². The van der Waals surface area contributed by atoms with Crippen molar-refractivity contribution in [3.8, 4) is 11.6 Å². The van der Waals surface area contributed by atoms with Crippen LogP contribution >= 0.6 is 0 Å². The molecule has 3 aromatic rings. The van der Waals surface area contributed by atoms with E-state index in [1.54, 1.807) is 4.90 Å². The van der Waals surface area contributed by atoms with E-state index in [0.29, 0.717) is 25.3 Å². The topological polar surface area (TPSA) is 103 Å². The lowest BCUT2D eigenvalue weighted by Gasteiger charge is -2.16. The van der Waals surface area contributed by atoms with E-state index in [2.05, 4.69) is 21.3 Å². The van der Waals surface area contributed by atoms with Gasteiger partial charge in [0.05, 0.1) is 5.41 Å². The number of benzene rings is 1. The lowest BCUT2D eigenvalue weighted by molar-refractivity contribution is -0.131. The van der Waals surface area contributed by atoms with Gasteiger partial charge >= 0.3 is 0 Å². The zero-order valence-electron chi connectivity index (χ0n) is 17.7. The molecule has 5 rings (SSSR count). The minimum absolute atomic E-state index is 0.0659. The second-order valence-corrected chi connectivity index (χ2v) is 8.62. The lowest BCUT2D eigenvalue weighted by Crippen LogP contribution is -2.34. The zero-order valence-corrected chi connectivity index (χ0v) is 17.7. The van der Waals surface area contributed by atoms with Gasteiger partial charge in [0.25, 0.3) is 12.3 Å². The maximum Gasteiger partial charge on any atom is 0.280 e. The van der Waals surface area contributed by atoms with Gasteiger partial charge in [-0.05, 0) is 43.4 Å². The van der Waals surface area contributed by atoms with Gasteiger partial charge in [-0.2, -0.15) is 10.1 Å². The summed E-state index contributed by atoms with van der Waals surface area (Å²) in [6, 6.07) is 9.17. The SMILES string of the molecule is Cc1ccccc1C1(c2noc(-c3cc(C(F)F)n(CC(=O)N4CCC(N)C4)n3)n2)CC1. The van der Waals surface area contributed by atoms with Crippen molar-refractivity contribution in [3.05, 3.63) is 53.0 Å². The summed E-state index contributed by atoms with van der Waals surface area (Å²) in [5, 5.41) is 8.35. The molecule has 2 fully saturated rings. The first-order valence-electron chi connectivity index (χ1n) is 10.7. The molecular formula is C22H24F2N6O2. The highest BCUT2D eigenvalue weighted by molar-refractivity contribution is 5.76. The molecule has 8 nitrogen and oxygen atoms in total. The first kappa shape index (κ1) is 20.7. The van der Waals surface area contributed by atoms with Gasteiger partial charge in [-0.15, -0.1) is 0 Å². The van der Waals surface area contributed by atoms with E-state index < -0.39 is 6.43 Å². The van der Waals surface area contributed by atoms with Crippen LogP contribution in [0.15, 0.2) is 34.9 Å². The maximum atomic E-state index is 13.6. The number of amides is 1. The van der Waals surface area contributed by atoms with Crippen LogP contribution in [-0.4, -0.2) is 49.9 Å². The molecule has 2 aliphatic rings. The number of carbonyl (C=O) groups excluding carboxylic acids is 1. The minimum Gasteiger partial charge on any atom is -0.339 e. The number of aryl methyl sites for hydroxylation is 1. The number of alkyl halides is 2. The summed E-state index contributed by atoms with van der Waals surface area (Å²) >= 11 is 0. The second-order valence-electron chi connectivity index (χ2n) is 8.62. The molecule has 1 aliphatic heterocycles. The number of carbonyl (C=O) groups is 1. The van der Waals surface area contributed by atoms with Gasteiger partial charge in [0, 0.05) is 19.1 Å². The maximum absolute atomic E-state index is 13.6. The van der Waals surface area contributed by atoms with Crippen LogP contribution < -0.4 is 5.73 Å². The van der Waals surface area contributed by atoms with Crippen LogP contribution in [0.1, 0.15) is 48.3 Å². The molecular weight excluding hydrogens is 418 g/mol. The van der Waals surface area contributed by atoms with Gasteiger partial charge in [-0.1, -0.05) is 29.4 Å². The summed E-state index contributed by atoms with van der Waals surface area (Å²) in [5.41, 5.74) is 7.58. The molecule has 168 valence electrons. The lowest BCUT2D eigenvalue weighted by atomic mass is 9.91. The first-order valence-corrected chi connectivity index (χ1v) is 10.7. The number of hydrogen-bond acceptors (Lipinski definition) is 6. The summed E-state index contributed by atoms with van der Waals surface area (Å²) in [6.07, 6.45) is -0.320. The molecule has 32 heavy (non-hydrogen) atoms. The Balaban J connectivity index is 1.41. The zero-order chi connectivity index (χ0) is 22.5. The molecule has 1 saturated heterocycles. The second kappa shape index (κ2) is 7.77. The Morgan fingerprint density at radius 3 is 2.78 bits per heavy atom. The normalized spacial score (nSPS) is 19.7. The van der Waals surface area contributed by atoms with Gasteiger partial charge in [0.1, 0.15) is 12.2 Å². The Kier molecular flexibility index (Phi) is 5.04. The fourth-order valence-electron chi connectivity index (χ4n) is 4.45. The van der Waals surface area contributed by atoms with Crippen LogP contribution in [0.25, 0.3) is 11.6 Å². The average molecular weight is 442 g/mol. The molecule has 10 heteroatoms. The number of nitrogens with two attached hydrogens (primary N) is 1. The number of hydrogen-bond donors (Lipinski definition) is 1. The monoisotopic (exact) mass is 442 g/mol. The molecule has 1 saturated carbocycles. The molecule has 1 unspecified atom stereocenters. The number of nitrogens with zero attached hydrogens (tertiary/aromatic N) is 5. The minimum atomic E-state index is -2.80. The summed E-state index contributed by atoms with van der Waals surface area (Å²) < 4.78 is 33.7. The molecule has 1 atom stereocenters. The molecule has 1 amide bonds. The number of aromatic nitrogens is 4. The van der Waals surface area contributed by atoms with E-state index in [0.717, 1.165) is 28.7 Å². The number of rotatable bonds is 6. The van der Waals surface area contributed by atoms with Crippen molar-refractivity contribution >= 4 is 5.91 Å². The van der Waals surface area contributed by atoms with Gasteiger partial charge in [0.15, 0.2) is 11.5 Å². The average Bonchev–Trinajstić information content (AvgIpc) is 3.12. The molecule has 2 N–H and O–H groups in total. The molecule has 3 heterocycles. The van der Waals surface area contributed by atoms with Crippen molar-refractivity contribution in [2.24, 2.45) is 5.73 Å². The summed E-state index contributed by atoms with van der Waals surface area (Å²) in [6.45, 7) is 2.69. The molecule has 2 aromatic heterocycles. The van der Waals surface area contributed by atoms with E-state index in [-0.39, 0.29) is 41.2 Å². The Bertz CT molecular complexity index is 1150. The third-order valence-corrected chi connectivity index (χ3v) is 6.38. The van der Waals surface area contributed by atoms with Crippen LogP contribution in [-0.2, 0) is 16.8 Å². The van der Waals surface area contributed by atoms with E-state index in [1.165, 1.54) is 6.07 Å². The Hall–Kier alpha value is -3.14. The van der Waals surface area contributed by atoms with Crippen LogP contribution in [0.5, 0.6) is 0 Å². The first-order chi connectivity index (χ1) is 15.4. The largest absolute Gasteiger partial charge is 0.339 e. The third kappa shape index (κ3) is 3.58. The standard InChI is InChI=1S/C22H24F2N6O2/c1-13-4-2-3-5-15(13)22(7-8-22)21-26-20(32-28-21)16-10-17(19(23)24)30(27-16)12-18(31)29-9-6-14(25)11-29/h2-5,10,14,19H,6-9,11-12,25H2,1H3. The number of halogens is 2. The van der Waals surface area contributed by atoms with E-state index in [9.17, 15) is 13.6 Å². The van der Waals surface area contributed by atoms with Crippen molar-refractivity contribution in [1.29, 1.82) is 0 Å². The fraction of sp³-hybridized carbons (Fsp3) is 0.455. The van der Waals surface area contributed by atoms with Crippen LogP contribution in [0.2, 0.25) is 0 Å². The molecule has 1 aliphatic carbocycles. The smallest absolute Gasteiger partial charge is 0.280 e. The van der Waals surface area contributed by atoms with Crippen molar-refractivity contribution in [3.63, 3.8) is 0 Å². The van der Waals surface area contributed by atoms with Crippen LogP contribution in [0.3, 0.4) is 0 Å². The van der Waals surface area contributed by atoms with Gasteiger partial charge in [-0.3, -0.25) is 9.48 Å². The highest BCUT2D eigenvalue weighted by Crippen LogP contribution is 2.53. The van der Waals surface area contributed by atoms with Gasteiger partial charge < -0.3 is 15.2 Å². The highest BCUT2D eigenvalue weighted by atomic mass is 19.3. The van der Waals surface area contributed by atoms with Crippen molar-refractivity contribution in [1.82, 2.24) is 24.8 Å². The summed E-state index contributed by atoms with van der Waals surface area (Å²) in [5.74, 6) is 0.297. The summed E-state index contributed by atoms with van der Waals surface area (Å²) in [7, 11) is 0. The quantitative estimate of drug-likeness (QED) is 0.630. The van der Waals surface area contributed by atoms with Gasteiger partial charge in [-0.25, -0.2) is 8.78 Å². The van der Waals surface area contributed by atoms with E-state index in [1.807, 2.05) is 25.1 Å². The van der Waals surface area contributed by atoms with Crippen molar-refractivity contribution in [2.75, 3.05) is 13.1 Å². The fourth-order valence-corrected chi connectivity index (χ4v) is 4.45. The molecule has 0 bridgehead atoms. The highest BCUT2D eigenvalue weighted by Gasteiger charge is 2.50. The molecule has 0 radical (unpaired) electrons.